The minimum absolute atomic E-state index is 0. The molecule has 0 saturated heterocycles. The maximum atomic E-state index is 12.0. The lowest BCUT2D eigenvalue weighted by atomic mass is 9.90. The first-order chi connectivity index (χ1) is 13.5. The van der Waals surface area contributed by atoms with Crippen molar-refractivity contribution in [2.75, 3.05) is 5.32 Å². The molecular weight excluding hydrogens is 386 g/mol. The van der Waals surface area contributed by atoms with Gasteiger partial charge in [-0.1, -0.05) is 37.8 Å². The minimum Gasteiger partial charge on any atom is -0.478 e. The molecular formula is C23H19NO4S. The van der Waals surface area contributed by atoms with E-state index in [-0.39, 0.29) is 18.4 Å². The molecule has 1 aliphatic carbocycles. The lowest BCUT2D eigenvalue weighted by Gasteiger charge is -2.17. The Labute approximate surface area is 173 Å². The van der Waals surface area contributed by atoms with Gasteiger partial charge in [-0.05, 0) is 48.4 Å². The number of anilines is 1. The van der Waals surface area contributed by atoms with Crippen LogP contribution in [-0.4, -0.2) is 16.6 Å². The smallest absolute Gasteiger partial charge is 0.336 e. The summed E-state index contributed by atoms with van der Waals surface area (Å²) in [6.07, 6.45) is 0. The number of hydrogen-bond acceptors (Lipinski definition) is 4. The van der Waals surface area contributed by atoms with Gasteiger partial charge in [-0.2, -0.15) is 0 Å². The standard InChI is InChI=1S/C22H15NO4S.CH4/c1-12-2-5-16-19(8-12)27-20-10-14(24)4-7-17(20)21(16)15-6-3-13(23-11-28)9-18(15)22(25)26;/h2-11H,1H3,(H,23,28)(H,25,26);1H4. The zero-order valence-corrected chi connectivity index (χ0v) is 15.7. The van der Waals surface area contributed by atoms with Gasteiger partial charge in [0.15, 0.2) is 5.43 Å². The fourth-order valence-electron chi connectivity index (χ4n) is 3.36. The number of aromatic carboxylic acids is 1. The maximum absolute atomic E-state index is 12.0. The summed E-state index contributed by atoms with van der Waals surface area (Å²) in [5.41, 5.74) is 5.38. The normalized spacial score (nSPS) is 10.5. The fourth-order valence-corrected chi connectivity index (χ4v) is 3.50. The zero-order chi connectivity index (χ0) is 19.8. The van der Waals surface area contributed by atoms with Crippen molar-refractivity contribution < 1.29 is 14.3 Å². The molecule has 146 valence electrons. The van der Waals surface area contributed by atoms with Gasteiger partial charge < -0.3 is 14.8 Å². The zero-order valence-electron chi connectivity index (χ0n) is 14.9. The fraction of sp³-hybridized carbons (Fsp3) is 0.0870. The average molecular weight is 405 g/mol. The van der Waals surface area contributed by atoms with Gasteiger partial charge in [0.05, 0.1) is 11.1 Å². The van der Waals surface area contributed by atoms with Gasteiger partial charge in [0.25, 0.3) is 0 Å². The van der Waals surface area contributed by atoms with E-state index in [0.717, 1.165) is 10.9 Å². The number of aryl methyl sites for hydroxylation is 1. The van der Waals surface area contributed by atoms with Crippen LogP contribution in [0.25, 0.3) is 33.4 Å². The highest BCUT2D eigenvalue weighted by Crippen LogP contribution is 2.41. The highest BCUT2D eigenvalue weighted by molar-refractivity contribution is 7.79. The van der Waals surface area contributed by atoms with Gasteiger partial charge in [-0.15, -0.1) is 0 Å². The van der Waals surface area contributed by atoms with Crippen LogP contribution in [0.1, 0.15) is 23.3 Å². The van der Waals surface area contributed by atoms with E-state index in [0.29, 0.717) is 33.7 Å². The highest BCUT2D eigenvalue weighted by atomic mass is 32.1. The first-order valence-electron chi connectivity index (χ1n) is 8.53. The third-order valence-electron chi connectivity index (χ3n) is 4.59. The first kappa shape index (κ1) is 20.2. The van der Waals surface area contributed by atoms with E-state index in [9.17, 15) is 14.7 Å². The molecule has 4 rings (SSSR count). The van der Waals surface area contributed by atoms with Crippen molar-refractivity contribution in [2.24, 2.45) is 0 Å². The van der Waals surface area contributed by atoms with Crippen LogP contribution in [0.4, 0.5) is 5.69 Å². The highest BCUT2D eigenvalue weighted by Gasteiger charge is 2.21. The lowest BCUT2D eigenvalue weighted by molar-refractivity contribution is 0.0698. The summed E-state index contributed by atoms with van der Waals surface area (Å²) in [7, 11) is 0. The number of rotatable bonds is 4. The van der Waals surface area contributed by atoms with Crippen LogP contribution >= 0.6 is 12.2 Å². The number of nitrogens with one attached hydrogen (secondary N) is 1. The number of fused-ring (bicyclic) bond motifs is 2. The molecule has 1 heterocycles. The molecule has 29 heavy (non-hydrogen) atoms. The molecule has 0 fully saturated rings. The summed E-state index contributed by atoms with van der Waals surface area (Å²) >= 11 is 4.79. The Balaban J connectivity index is 0.00000240. The first-order valence-corrected chi connectivity index (χ1v) is 9.00. The second-order valence-corrected chi connectivity index (χ2v) is 6.70. The summed E-state index contributed by atoms with van der Waals surface area (Å²) in [5.74, 6) is -0.643. The largest absolute Gasteiger partial charge is 0.478 e. The van der Waals surface area contributed by atoms with Crippen LogP contribution in [0.3, 0.4) is 0 Å². The summed E-state index contributed by atoms with van der Waals surface area (Å²) in [6, 6.07) is 15.3. The summed E-state index contributed by atoms with van der Waals surface area (Å²) in [6.45, 7) is 1.94. The van der Waals surface area contributed by atoms with Crippen molar-refractivity contribution in [1.29, 1.82) is 0 Å². The van der Waals surface area contributed by atoms with Crippen LogP contribution < -0.4 is 10.7 Å². The van der Waals surface area contributed by atoms with E-state index in [2.05, 4.69) is 5.32 Å². The number of hydrogen-bond donors (Lipinski definition) is 2. The third-order valence-corrected chi connectivity index (χ3v) is 4.71. The van der Waals surface area contributed by atoms with Crippen LogP contribution in [0.2, 0.25) is 0 Å². The molecule has 0 spiro atoms. The van der Waals surface area contributed by atoms with Crippen LogP contribution in [0.5, 0.6) is 0 Å². The summed E-state index contributed by atoms with van der Waals surface area (Å²) in [5, 5.41) is 13.4. The number of carboxylic acids is 1. The molecule has 0 atom stereocenters. The molecule has 0 bridgehead atoms. The van der Waals surface area contributed by atoms with Gasteiger partial charge in [-0.3, -0.25) is 4.79 Å². The van der Waals surface area contributed by atoms with Gasteiger partial charge in [0.1, 0.15) is 11.3 Å². The van der Waals surface area contributed by atoms with Crippen molar-refractivity contribution >= 4 is 40.3 Å². The Kier molecular flexibility index (Phi) is 5.48. The average Bonchev–Trinajstić information content (AvgIpc) is 2.66. The van der Waals surface area contributed by atoms with Gasteiger partial charge >= 0.3 is 5.97 Å². The molecule has 1 aliphatic heterocycles. The minimum atomic E-state index is -1.06. The van der Waals surface area contributed by atoms with Crippen LogP contribution in [0.15, 0.2) is 63.8 Å². The topological polar surface area (TPSA) is 79.5 Å². The Hall–Kier alpha value is -3.51. The number of carbonyl (C=O) groups is 1. The Morgan fingerprint density at radius 3 is 2.55 bits per heavy atom. The Bertz CT molecular complexity index is 1280. The molecule has 2 aromatic rings. The summed E-state index contributed by atoms with van der Waals surface area (Å²) < 4.78 is 5.95. The van der Waals surface area contributed by atoms with Gasteiger partial charge in [-0.25, -0.2) is 4.79 Å². The molecule has 0 radical (unpaired) electrons. The van der Waals surface area contributed by atoms with Crippen molar-refractivity contribution in [3.63, 3.8) is 0 Å². The Morgan fingerprint density at radius 2 is 1.83 bits per heavy atom. The van der Waals surface area contributed by atoms with E-state index < -0.39 is 5.97 Å². The van der Waals surface area contributed by atoms with Crippen LogP contribution in [0, 0.1) is 6.92 Å². The number of thiocarbonyl (C=S) groups is 1. The molecule has 2 aromatic carbocycles. The van der Waals surface area contributed by atoms with Gasteiger partial charge in [0, 0.05) is 28.3 Å². The monoisotopic (exact) mass is 405 g/mol. The molecule has 5 nitrogen and oxygen atoms in total. The van der Waals surface area contributed by atoms with Crippen molar-refractivity contribution in [1.82, 2.24) is 0 Å². The quantitative estimate of drug-likeness (QED) is 0.341. The van der Waals surface area contributed by atoms with E-state index in [1.54, 1.807) is 24.3 Å². The van der Waals surface area contributed by atoms with Crippen LogP contribution in [-0.2, 0) is 0 Å². The SMILES string of the molecule is C.Cc1ccc2c(-c3ccc(NC=S)cc3C(=O)O)c3ccc(=O)cc-3oc2c1. The van der Waals surface area contributed by atoms with E-state index in [4.69, 9.17) is 16.6 Å². The Morgan fingerprint density at radius 1 is 1.07 bits per heavy atom. The predicted octanol–water partition coefficient (Wildman–Crippen LogP) is 5.58. The predicted molar refractivity (Wildman–Crippen MR) is 120 cm³/mol. The van der Waals surface area contributed by atoms with Crippen molar-refractivity contribution in [2.45, 2.75) is 14.4 Å². The van der Waals surface area contributed by atoms with E-state index in [1.807, 2.05) is 25.1 Å². The molecule has 0 saturated carbocycles. The molecule has 0 aromatic heterocycles. The number of carboxylic acid groups (broad SMARTS) is 1. The maximum Gasteiger partial charge on any atom is 0.336 e. The second kappa shape index (κ2) is 7.85. The molecule has 0 amide bonds. The van der Waals surface area contributed by atoms with Crippen molar-refractivity contribution in [3.8, 4) is 22.5 Å². The van der Waals surface area contributed by atoms with Gasteiger partial charge in [0.2, 0.25) is 0 Å². The number of benzene rings is 3. The molecule has 6 heteroatoms. The lowest BCUT2D eigenvalue weighted by Crippen LogP contribution is -2.04. The summed E-state index contributed by atoms with van der Waals surface area (Å²) in [4.78, 5) is 23.8. The molecule has 2 aliphatic rings. The molecule has 2 N–H and O–H groups in total. The van der Waals surface area contributed by atoms with Crippen molar-refractivity contribution in [3.05, 3.63) is 75.9 Å². The second-order valence-electron chi connectivity index (χ2n) is 6.46. The molecule has 0 unspecified atom stereocenters. The van der Waals surface area contributed by atoms with E-state index in [1.165, 1.54) is 17.6 Å². The van der Waals surface area contributed by atoms with E-state index >= 15 is 0 Å². The third kappa shape index (κ3) is 3.62.